The van der Waals surface area contributed by atoms with E-state index in [2.05, 4.69) is 29.8 Å². The molecule has 1 aromatic rings. The third-order valence-electron chi connectivity index (χ3n) is 4.52. The number of halogens is 1. The second kappa shape index (κ2) is 6.17. The van der Waals surface area contributed by atoms with E-state index in [1.54, 1.807) is 13.2 Å². The Balaban J connectivity index is 2.13. The number of piperidine rings is 1. The maximum absolute atomic E-state index is 12.6. The van der Waals surface area contributed by atoms with Gasteiger partial charge >= 0.3 is 0 Å². The second-order valence-electron chi connectivity index (χ2n) is 5.80. The number of rotatable bonds is 3. The normalized spacial score (nSPS) is 17.9. The molecule has 1 fully saturated rings. The van der Waals surface area contributed by atoms with E-state index in [4.69, 9.17) is 4.74 Å². The number of carbonyl (C=O) groups is 1. The first-order valence-corrected chi connectivity index (χ1v) is 7.91. The number of methoxy groups -OCH3 is 1. The number of carbonyl (C=O) groups excluding carboxylic acids is 1. The van der Waals surface area contributed by atoms with Gasteiger partial charge in [0.2, 0.25) is 0 Å². The van der Waals surface area contributed by atoms with Crippen molar-refractivity contribution in [1.82, 2.24) is 4.90 Å². The molecule has 0 aromatic heterocycles. The molecular formula is C16H22BrNO2. The maximum atomic E-state index is 12.6. The number of likely N-dealkylation sites (tertiary alicyclic amines) is 1. The summed E-state index contributed by atoms with van der Waals surface area (Å²) in [6.07, 6.45) is 3.34. The fraction of sp³-hybridized carbons (Fsp3) is 0.562. The van der Waals surface area contributed by atoms with Crippen LogP contribution in [0.15, 0.2) is 22.7 Å². The van der Waals surface area contributed by atoms with Crippen molar-refractivity contribution in [3.8, 4) is 5.75 Å². The third kappa shape index (κ3) is 3.17. The third-order valence-corrected chi connectivity index (χ3v) is 5.21. The predicted molar refractivity (Wildman–Crippen MR) is 84.2 cm³/mol. The van der Waals surface area contributed by atoms with E-state index in [0.29, 0.717) is 16.7 Å². The van der Waals surface area contributed by atoms with Crippen LogP contribution in [0.5, 0.6) is 5.75 Å². The van der Waals surface area contributed by atoms with Crippen LogP contribution in [0.3, 0.4) is 0 Å². The van der Waals surface area contributed by atoms with Gasteiger partial charge in [0.15, 0.2) is 0 Å². The van der Waals surface area contributed by atoms with Gasteiger partial charge in [0.05, 0.1) is 12.7 Å². The Kier molecular flexibility index (Phi) is 4.74. The van der Waals surface area contributed by atoms with Crippen molar-refractivity contribution in [3.63, 3.8) is 0 Å². The number of nitrogens with zero attached hydrogens (tertiary/aromatic N) is 1. The number of benzene rings is 1. The van der Waals surface area contributed by atoms with Crippen molar-refractivity contribution in [2.45, 2.75) is 33.1 Å². The van der Waals surface area contributed by atoms with Gasteiger partial charge in [-0.1, -0.05) is 20.3 Å². The molecule has 1 heterocycles. The van der Waals surface area contributed by atoms with Crippen molar-refractivity contribution in [1.29, 1.82) is 0 Å². The molecule has 1 aliphatic rings. The Morgan fingerprint density at radius 3 is 2.60 bits per heavy atom. The van der Waals surface area contributed by atoms with Gasteiger partial charge in [-0.3, -0.25) is 4.79 Å². The van der Waals surface area contributed by atoms with Crippen LogP contribution in [-0.4, -0.2) is 31.0 Å². The topological polar surface area (TPSA) is 29.5 Å². The van der Waals surface area contributed by atoms with Gasteiger partial charge in [-0.15, -0.1) is 0 Å². The summed E-state index contributed by atoms with van der Waals surface area (Å²) < 4.78 is 6.03. The van der Waals surface area contributed by atoms with Crippen molar-refractivity contribution < 1.29 is 9.53 Å². The second-order valence-corrected chi connectivity index (χ2v) is 6.66. The van der Waals surface area contributed by atoms with Crippen LogP contribution >= 0.6 is 15.9 Å². The fourth-order valence-corrected chi connectivity index (χ4v) is 2.99. The summed E-state index contributed by atoms with van der Waals surface area (Å²) in [5, 5.41) is 0. The first-order valence-electron chi connectivity index (χ1n) is 7.12. The standard InChI is InChI=1S/C16H22BrNO2/c1-4-16(2)7-9-18(10-8-16)15(19)13-11-12(20-3)5-6-14(13)17/h5-6,11H,4,7-10H2,1-3H3. The zero-order chi connectivity index (χ0) is 14.8. The van der Waals surface area contributed by atoms with Crippen LogP contribution in [0.25, 0.3) is 0 Å². The molecule has 0 bridgehead atoms. The van der Waals surface area contributed by atoms with Gasteiger partial charge in [-0.2, -0.15) is 0 Å². The predicted octanol–water partition coefficient (Wildman–Crippen LogP) is 4.11. The first-order chi connectivity index (χ1) is 9.49. The molecule has 0 N–H and O–H groups in total. The largest absolute Gasteiger partial charge is 0.497 e. The summed E-state index contributed by atoms with van der Waals surface area (Å²) in [6.45, 7) is 6.23. The van der Waals surface area contributed by atoms with E-state index in [0.717, 1.165) is 30.4 Å². The highest BCUT2D eigenvalue weighted by molar-refractivity contribution is 9.10. The number of ether oxygens (including phenoxy) is 1. The monoisotopic (exact) mass is 339 g/mol. The quantitative estimate of drug-likeness (QED) is 0.829. The van der Waals surface area contributed by atoms with E-state index in [-0.39, 0.29) is 5.91 Å². The Morgan fingerprint density at radius 1 is 1.40 bits per heavy atom. The number of amides is 1. The SMILES string of the molecule is CCC1(C)CCN(C(=O)c2cc(OC)ccc2Br)CC1. The minimum atomic E-state index is 0.0916. The Hall–Kier alpha value is -1.03. The number of hydrogen-bond donors (Lipinski definition) is 0. The lowest BCUT2D eigenvalue weighted by molar-refractivity contribution is 0.0599. The molecule has 0 aliphatic carbocycles. The minimum Gasteiger partial charge on any atom is -0.497 e. The van der Waals surface area contributed by atoms with Crippen LogP contribution in [0.2, 0.25) is 0 Å². The molecule has 110 valence electrons. The van der Waals surface area contributed by atoms with Gasteiger partial charge in [0, 0.05) is 17.6 Å². The molecular weight excluding hydrogens is 318 g/mol. The molecule has 3 nitrogen and oxygen atoms in total. The maximum Gasteiger partial charge on any atom is 0.255 e. The zero-order valence-corrected chi connectivity index (χ0v) is 14.0. The van der Waals surface area contributed by atoms with Gasteiger partial charge in [0.25, 0.3) is 5.91 Å². The molecule has 4 heteroatoms. The minimum absolute atomic E-state index is 0.0916. The Morgan fingerprint density at radius 2 is 2.05 bits per heavy atom. The van der Waals surface area contributed by atoms with Crippen molar-refractivity contribution in [2.24, 2.45) is 5.41 Å². The first kappa shape index (κ1) is 15.4. The van der Waals surface area contributed by atoms with Crippen molar-refractivity contribution in [2.75, 3.05) is 20.2 Å². The van der Waals surface area contributed by atoms with E-state index in [1.807, 2.05) is 17.0 Å². The van der Waals surface area contributed by atoms with Crippen LogP contribution in [-0.2, 0) is 0 Å². The lowest BCUT2D eigenvalue weighted by Crippen LogP contribution is -2.42. The summed E-state index contributed by atoms with van der Waals surface area (Å²) in [6, 6.07) is 5.53. The van der Waals surface area contributed by atoms with Gasteiger partial charge in [-0.05, 0) is 52.4 Å². The van der Waals surface area contributed by atoms with Crippen LogP contribution in [0.1, 0.15) is 43.5 Å². The molecule has 1 aliphatic heterocycles. The van der Waals surface area contributed by atoms with Crippen LogP contribution in [0, 0.1) is 5.41 Å². The van der Waals surface area contributed by atoms with E-state index in [9.17, 15) is 4.79 Å². The summed E-state index contributed by atoms with van der Waals surface area (Å²) in [7, 11) is 1.62. The molecule has 0 saturated carbocycles. The highest BCUT2D eigenvalue weighted by atomic mass is 79.9. The van der Waals surface area contributed by atoms with E-state index < -0.39 is 0 Å². The molecule has 1 saturated heterocycles. The molecule has 1 aromatic carbocycles. The highest BCUT2D eigenvalue weighted by Gasteiger charge is 2.31. The number of hydrogen-bond acceptors (Lipinski definition) is 2. The van der Waals surface area contributed by atoms with Crippen LogP contribution in [0.4, 0.5) is 0 Å². The summed E-state index contributed by atoms with van der Waals surface area (Å²) >= 11 is 3.46. The van der Waals surface area contributed by atoms with Crippen LogP contribution < -0.4 is 4.74 Å². The molecule has 0 unspecified atom stereocenters. The molecule has 0 atom stereocenters. The van der Waals surface area contributed by atoms with Gasteiger partial charge < -0.3 is 9.64 Å². The summed E-state index contributed by atoms with van der Waals surface area (Å²) in [5.41, 5.74) is 1.08. The molecule has 0 radical (unpaired) electrons. The Bertz CT molecular complexity index is 493. The summed E-state index contributed by atoms with van der Waals surface area (Å²) in [4.78, 5) is 14.6. The fourth-order valence-electron chi connectivity index (χ4n) is 2.57. The zero-order valence-electron chi connectivity index (χ0n) is 12.4. The molecule has 0 spiro atoms. The average molecular weight is 340 g/mol. The molecule has 1 amide bonds. The van der Waals surface area contributed by atoms with Gasteiger partial charge in [0.1, 0.15) is 5.75 Å². The lowest BCUT2D eigenvalue weighted by Gasteiger charge is -2.39. The molecule has 20 heavy (non-hydrogen) atoms. The molecule has 2 rings (SSSR count). The van der Waals surface area contributed by atoms with E-state index >= 15 is 0 Å². The van der Waals surface area contributed by atoms with Gasteiger partial charge in [-0.25, -0.2) is 0 Å². The lowest BCUT2D eigenvalue weighted by atomic mass is 9.78. The highest BCUT2D eigenvalue weighted by Crippen LogP contribution is 2.35. The smallest absolute Gasteiger partial charge is 0.255 e. The van der Waals surface area contributed by atoms with Crippen molar-refractivity contribution >= 4 is 21.8 Å². The average Bonchev–Trinajstić information content (AvgIpc) is 2.48. The summed E-state index contributed by atoms with van der Waals surface area (Å²) in [5.74, 6) is 0.806. The Labute approximate surface area is 129 Å². The van der Waals surface area contributed by atoms with E-state index in [1.165, 1.54) is 6.42 Å². The van der Waals surface area contributed by atoms with Crippen molar-refractivity contribution in [3.05, 3.63) is 28.2 Å².